The number of hydrogen-bond donors (Lipinski definition) is 0. The number of rotatable bonds is 3. The van der Waals surface area contributed by atoms with Crippen molar-refractivity contribution in [3.05, 3.63) is 42.5 Å². The van der Waals surface area contributed by atoms with E-state index < -0.39 is 5.97 Å². The van der Waals surface area contributed by atoms with Gasteiger partial charge in [0, 0.05) is 0 Å². The van der Waals surface area contributed by atoms with Gasteiger partial charge in [0.2, 0.25) is 0 Å². The topological polar surface area (TPSA) is 35.5 Å². The second kappa shape index (κ2) is 4.51. The van der Waals surface area contributed by atoms with E-state index in [1.807, 2.05) is 6.07 Å². The fourth-order valence-corrected chi connectivity index (χ4v) is 0.714. The first kappa shape index (κ1) is 8.74. The van der Waals surface area contributed by atoms with E-state index in [9.17, 15) is 4.79 Å². The van der Waals surface area contributed by atoms with Crippen molar-refractivity contribution in [1.29, 1.82) is 0 Å². The molecule has 0 atom stereocenters. The van der Waals surface area contributed by atoms with Gasteiger partial charge in [0.25, 0.3) is 0 Å². The third kappa shape index (κ3) is 2.36. The molecule has 12 heavy (non-hydrogen) atoms. The molecule has 0 unspecified atom stereocenters. The highest BCUT2D eigenvalue weighted by Gasteiger charge is 2.05. The summed E-state index contributed by atoms with van der Waals surface area (Å²) in [7, 11) is 0. The van der Waals surface area contributed by atoms with Crippen LogP contribution in [-0.2, 0) is 9.78 Å². The normalized spacial score (nSPS) is 9.42. The fraction of sp³-hybridized carbons (Fsp3) is 0.111. The molecule has 1 rings (SSSR count). The SMILES string of the molecule is C[CH]OOC(=O)c1ccccc1. The molecule has 3 nitrogen and oxygen atoms in total. The van der Waals surface area contributed by atoms with Gasteiger partial charge in [0.1, 0.15) is 6.61 Å². The van der Waals surface area contributed by atoms with Gasteiger partial charge in [0.15, 0.2) is 0 Å². The summed E-state index contributed by atoms with van der Waals surface area (Å²) in [6.07, 6.45) is 0. The maximum absolute atomic E-state index is 11.0. The summed E-state index contributed by atoms with van der Waals surface area (Å²) >= 11 is 0. The fourth-order valence-electron chi connectivity index (χ4n) is 0.714. The minimum atomic E-state index is -0.492. The lowest BCUT2D eigenvalue weighted by Crippen LogP contribution is -2.03. The van der Waals surface area contributed by atoms with Crippen LogP contribution < -0.4 is 0 Å². The summed E-state index contributed by atoms with van der Waals surface area (Å²) < 4.78 is 0. The Morgan fingerprint density at radius 3 is 2.58 bits per heavy atom. The summed E-state index contributed by atoms with van der Waals surface area (Å²) in [5.41, 5.74) is 0.472. The van der Waals surface area contributed by atoms with Crippen LogP contribution in [0.5, 0.6) is 0 Å². The van der Waals surface area contributed by atoms with Crippen molar-refractivity contribution in [3.8, 4) is 0 Å². The van der Waals surface area contributed by atoms with Crippen LogP contribution in [0.15, 0.2) is 30.3 Å². The zero-order valence-corrected chi connectivity index (χ0v) is 6.69. The molecule has 0 N–H and O–H groups in total. The summed E-state index contributed by atoms with van der Waals surface area (Å²) in [6, 6.07) is 8.64. The van der Waals surface area contributed by atoms with E-state index in [-0.39, 0.29) is 0 Å². The molecular weight excluding hydrogens is 156 g/mol. The van der Waals surface area contributed by atoms with Gasteiger partial charge in [-0.3, -0.25) is 4.89 Å². The summed E-state index contributed by atoms with van der Waals surface area (Å²) in [6.45, 7) is 2.92. The quantitative estimate of drug-likeness (QED) is 0.507. The van der Waals surface area contributed by atoms with Crippen LogP contribution in [0.3, 0.4) is 0 Å². The average Bonchev–Trinajstić information content (AvgIpc) is 2.15. The van der Waals surface area contributed by atoms with Crippen molar-refractivity contribution < 1.29 is 14.6 Å². The Labute approximate surface area is 70.8 Å². The monoisotopic (exact) mass is 165 g/mol. The number of carbonyl (C=O) groups is 1. The molecular formula is C9H9O3. The van der Waals surface area contributed by atoms with Crippen LogP contribution in [0.1, 0.15) is 17.3 Å². The standard InChI is InChI=1S/C9H9O3/c1-2-11-12-9(10)8-6-4-3-5-7-8/h2-7H,1H3. The van der Waals surface area contributed by atoms with Gasteiger partial charge in [-0.25, -0.2) is 4.79 Å². The molecule has 0 heterocycles. The maximum atomic E-state index is 11.0. The molecule has 0 aliphatic heterocycles. The molecule has 0 spiro atoms. The second-order valence-corrected chi connectivity index (χ2v) is 2.07. The Balaban J connectivity index is 2.54. The average molecular weight is 165 g/mol. The van der Waals surface area contributed by atoms with Gasteiger partial charge in [0.05, 0.1) is 5.56 Å². The van der Waals surface area contributed by atoms with Crippen molar-refractivity contribution in [2.45, 2.75) is 6.92 Å². The molecule has 0 fully saturated rings. The number of hydrogen-bond acceptors (Lipinski definition) is 3. The molecule has 3 heteroatoms. The van der Waals surface area contributed by atoms with Crippen LogP contribution in [0.25, 0.3) is 0 Å². The number of benzene rings is 1. The lowest BCUT2D eigenvalue weighted by Gasteiger charge is -1.99. The van der Waals surface area contributed by atoms with Crippen LogP contribution in [0.2, 0.25) is 0 Å². The van der Waals surface area contributed by atoms with Gasteiger partial charge < -0.3 is 0 Å². The van der Waals surface area contributed by atoms with Crippen molar-refractivity contribution >= 4 is 5.97 Å². The minimum absolute atomic E-state index is 0.472. The molecule has 1 aromatic carbocycles. The van der Waals surface area contributed by atoms with Crippen LogP contribution in [0, 0.1) is 6.61 Å². The predicted octanol–water partition coefficient (Wildman–Crippen LogP) is 1.96. The van der Waals surface area contributed by atoms with E-state index in [2.05, 4.69) is 9.78 Å². The van der Waals surface area contributed by atoms with E-state index in [0.29, 0.717) is 5.56 Å². The van der Waals surface area contributed by atoms with Crippen LogP contribution in [0.4, 0.5) is 0 Å². The molecule has 0 bridgehead atoms. The summed E-state index contributed by atoms with van der Waals surface area (Å²) in [4.78, 5) is 19.8. The van der Waals surface area contributed by atoms with Crippen LogP contribution in [-0.4, -0.2) is 5.97 Å². The Kier molecular flexibility index (Phi) is 3.29. The Morgan fingerprint density at radius 2 is 2.00 bits per heavy atom. The second-order valence-electron chi connectivity index (χ2n) is 2.07. The highest BCUT2D eigenvalue weighted by Crippen LogP contribution is 2.01. The Morgan fingerprint density at radius 1 is 1.33 bits per heavy atom. The zero-order valence-electron chi connectivity index (χ0n) is 6.69. The lowest BCUT2D eigenvalue weighted by molar-refractivity contribution is -0.210. The molecule has 1 radical (unpaired) electrons. The third-order valence-corrected chi connectivity index (χ3v) is 1.23. The Bertz CT molecular complexity index is 243. The smallest absolute Gasteiger partial charge is 0.292 e. The molecule has 0 aliphatic carbocycles. The largest absolute Gasteiger partial charge is 0.373 e. The summed E-state index contributed by atoms with van der Waals surface area (Å²) in [5.74, 6) is -0.492. The van der Waals surface area contributed by atoms with Crippen molar-refractivity contribution in [2.75, 3.05) is 0 Å². The van der Waals surface area contributed by atoms with E-state index >= 15 is 0 Å². The van der Waals surface area contributed by atoms with Gasteiger partial charge in [-0.15, -0.1) is 0 Å². The first-order chi connectivity index (χ1) is 5.84. The number of carbonyl (C=O) groups excluding carboxylic acids is 1. The van der Waals surface area contributed by atoms with Gasteiger partial charge >= 0.3 is 5.97 Å². The summed E-state index contributed by atoms with van der Waals surface area (Å²) in [5, 5.41) is 0. The zero-order chi connectivity index (χ0) is 8.81. The van der Waals surface area contributed by atoms with E-state index in [1.165, 1.54) is 6.61 Å². The third-order valence-electron chi connectivity index (χ3n) is 1.23. The highest BCUT2D eigenvalue weighted by molar-refractivity contribution is 5.88. The molecule has 1 aromatic rings. The van der Waals surface area contributed by atoms with Gasteiger partial charge in [-0.1, -0.05) is 18.2 Å². The first-order valence-corrected chi connectivity index (χ1v) is 3.55. The van der Waals surface area contributed by atoms with E-state index in [1.54, 1.807) is 31.2 Å². The predicted molar refractivity (Wildman–Crippen MR) is 42.9 cm³/mol. The van der Waals surface area contributed by atoms with E-state index in [4.69, 9.17) is 0 Å². The van der Waals surface area contributed by atoms with Crippen molar-refractivity contribution in [2.24, 2.45) is 0 Å². The molecule has 0 aliphatic rings. The molecule has 0 saturated heterocycles. The molecule has 0 amide bonds. The van der Waals surface area contributed by atoms with Crippen LogP contribution >= 0.6 is 0 Å². The highest BCUT2D eigenvalue weighted by atomic mass is 17.2. The minimum Gasteiger partial charge on any atom is -0.292 e. The maximum Gasteiger partial charge on any atom is 0.373 e. The molecule has 0 aromatic heterocycles. The van der Waals surface area contributed by atoms with Crippen molar-refractivity contribution in [1.82, 2.24) is 0 Å². The molecule has 63 valence electrons. The van der Waals surface area contributed by atoms with E-state index in [0.717, 1.165) is 0 Å². The molecule has 0 saturated carbocycles. The van der Waals surface area contributed by atoms with Gasteiger partial charge in [-0.05, 0) is 19.1 Å². The first-order valence-electron chi connectivity index (χ1n) is 3.55. The van der Waals surface area contributed by atoms with Gasteiger partial charge in [-0.2, -0.15) is 4.89 Å². The Hall–Kier alpha value is -1.35. The van der Waals surface area contributed by atoms with Crippen molar-refractivity contribution in [3.63, 3.8) is 0 Å². The lowest BCUT2D eigenvalue weighted by atomic mass is 10.2.